The average Bonchev–Trinajstić information content (AvgIpc) is 3.12. The molecule has 2 aromatic rings. The second kappa shape index (κ2) is 7.26. The summed E-state index contributed by atoms with van der Waals surface area (Å²) in [5.74, 6) is -0.882. The number of likely N-dealkylation sites (tertiary alicyclic amines) is 1. The monoisotopic (exact) mass is 363 g/mol. The molecule has 140 valence electrons. The molecule has 2 aliphatic rings. The lowest BCUT2D eigenvalue weighted by Crippen LogP contribution is -2.45. The quantitative estimate of drug-likeness (QED) is 0.601. The maximum Gasteiger partial charge on any atom is 0.289 e. The molecule has 0 saturated carbocycles. The highest BCUT2D eigenvalue weighted by atomic mass is 16.2. The van der Waals surface area contributed by atoms with Crippen LogP contribution in [0.5, 0.6) is 0 Å². The molecule has 1 amide bonds. The van der Waals surface area contributed by atoms with Crippen molar-refractivity contribution in [2.75, 3.05) is 13.1 Å². The Morgan fingerprint density at radius 2 is 1.85 bits per heavy atom. The summed E-state index contributed by atoms with van der Waals surface area (Å²) in [7, 11) is 0. The summed E-state index contributed by atoms with van der Waals surface area (Å²) in [5, 5.41) is 2.28. The highest BCUT2D eigenvalue weighted by Gasteiger charge is 2.32. The fourth-order valence-corrected chi connectivity index (χ4v) is 4.57. The number of amides is 1. The minimum Gasteiger partial charge on any atom is -0.335 e. The molecular formula is C23H25NO3. The van der Waals surface area contributed by atoms with Crippen molar-refractivity contribution < 1.29 is 14.4 Å². The third-order valence-electron chi connectivity index (χ3n) is 5.94. The molecule has 0 unspecified atom stereocenters. The Morgan fingerprint density at radius 1 is 1.07 bits per heavy atom. The van der Waals surface area contributed by atoms with Gasteiger partial charge in [-0.05, 0) is 54.0 Å². The standard InChI is InChI=1S/C23H25NO3/c1-2-5-20(25)23(27)24-13-4-7-17(14-24)22(26)19-12-11-16-10-9-15-6-3-8-18(19)21(15)16/h3,6,8,11-12,17H,2,4-5,7,9-10,13-14H2,1H3/t17-/m1/s1. The van der Waals surface area contributed by atoms with Crippen molar-refractivity contribution in [1.82, 2.24) is 4.90 Å². The van der Waals surface area contributed by atoms with Crippen molar-refractivity contribution in [3.63, 3.8) is 0 Å². The van der Waals surface area contributed by atoms with Gasteiger partial charge in [-0.2, -0.15) is 0 Å². The van der Waals surface area contributed by atoms with Crippen molar-refractivity contribution in [3.8, 4) is 0 Å². The van der Waals surface area contributed by atoms with E-state index < -0.39 is 5.91 Å². The molecular weight excluding hydrogens is 338 g/mol. The third-order valence-corrected chi connectivity index (χ3v) is 5.94. The smallest absolute Gasteiger partial charge is 0.289 e. The van der Waals surface area contributed by atoms with E-state index in [1.165, 1.54) is 16.5 Å². The zero-order valence-corrected chi connectivity index (χ0v) is 15.8. The number of ketones is 2. The first-order valence-corrected chi connectivity index (χ1v) is 10.00. The van der Waals surface area contributed by atoms with E-state index >= 15 is 0 Å². The zero-order chi connectivity index (χ0) is 19.0. The number of rotatable bonds is 5. The zero-order valence-electron chi connectivity index (χ0n) is 15.8. The summed E-state index contributed by atoms with van der Waals surface area (Å²) in [4.78, 5) is 39.2. The molecule has 1 atom stereocenters. The van der Waals surface area contributed by atoms with Gasteiger partial charge >= 0.3 is 0 Å². The van der Waals surface area contributed by atoms with E-state index in [0.717, 1.165) is 36.6 Å². The molecule has 0 spiro atoms. The molecule has 4 nitrogen and oxygen atoms in total. The van der Waals surface area contributed by atoms with Gasteiger partial charge in [-0.1, -0.05) is 37.3 Å². The van der Waals surface area contributed by atoms with Crippen molar-refractivity contribution in [2.24, 2.45) is 5.92 Å². The average molecular weight is 363 g/mol. The summed E-state index contributed by atoms with van der Waals surface area (Å²) >= 11 is 0. The van der Waals surface area contributed by atoms with Gasteiger partial charge in [0, 0.05) is 31.0 Å². The summed E-state index contributed by atoms with van der Waals surface area (Å²) in [6.45, 7) is 2.82. The number of aryl methyl sites for hydroxylation is 2. The predicted molar refractivity (Wildman–Crippen MR) is 105 cm³/mol. The number of hydrogen-bond donors (Lipinski definition) is 0. The number of carbonyl (C=O) groups excluding carboxylic acids is 3. The van der Waals surface area contributed by atoms with Crippen molar-refractivity contribution in [2.45, 2.75) is 45.4 Å². The molecule has 1 aliphatic carbocycles. The Hall–Kier alpha value is -2.49. The minimum absolute atomic E-state index is 0.103. The highest BCUT2D eigenvalue weighted by molar-refractivity contribution is 6.36. The maximum atomic E-state index is 13.3. The largest absolute Gasteiger partial charge is 0.335 e. The second-order valence-corrected chi connectivity index (χ2v) is 7.74. The molecule has 1 saturated heterocycles. The number of benzene rings is 2. The molecule has 1 heterocycles. The number of nitrogens with zero attached hydrogens (tertiary/aromatic N) is 1. The number of piperidine rings is 1. The van der Waals surface area contributed by atoms with Gasteiger partial charge in [-0.15, -0.1) is 0 Å². The Labute approximate surface area is 159 Å². The van der Waals surface area contributed by atoms with Crippen LogP contribution in [0.3, 0.4) is 0 Å². The van der Waals surface area contributed by atoms with Gasteiger partial charge < -0.3 is 4.90 Å². The number of carbonyl (C=O) groups is 3. The van der Waals surface area contributed by atoms with Crippen LogP contribution in [0.2, 0.25) is 0 Å². The van der Waals surface area contributed by atoms with Crippen LogP contribution >= 0.6 is 0 Å². The first-order chi connectivity index (χ1) is 13.1. The fraction of sp³-hybridized carbons (Fsp3) is 0.435. The summed E-state index contributed by atoms with van der Waals surface area (Å²) in [6.07, 6.45) is 4.56. The third kappa shape index (κ3) is 3.18. The lowest BCUT2D eigenvalue weighted by Gasteiger charge is -2.31. The lowest BCUT2D eigenvalue weighted by molar-refractivity contribution is -0.145. The Morgan fingerprint density at radius 3 is 2.63 bits per heavy atom. The maximum absolute atomic E-state index is 13.3. The summed E-state index contributed by atoms with van der Waals surface area (Å²) in [5.41, 5.74) is 3.40. The molecule has 0 aromatic heterocycles. The number of Topliss-reactive ketones (excluding diaryl/α,β-unsaturated/α-hetero) is 2. The Kier molecular flexibility index (Phi) is 4.81. The van der Waals surface area contributed by atoms with Gasteiger partial charge in [0.05, 0.1) is 0 Å². The van der Waals surface area contributed by atoms with Crippen LogP contribution < -0.4 is 0 Å². The van der Waals surface area contributed by atoms with E-state index in [1.807, 2.05) is 25.1 Å². The molecule has 0 radical (unpaired) electrons. The molecule has 4 heteroatoms. The van der Waals surface area contributed by atoms with Crippen LogP contribution in [0.25, 0.3) is 10.8 Å². The first-order valence-electron chi connectivity index (χ1n) is 10.00. The van der Waals surface area contributed by atoms with Crippen molar-refractivity contribution >= 4 is 28.2 Å². The minimum atomic E-state index is -0.422. The van der Waals surface area contributed by atoms with Crippen LogP contribution in [-0.2, 0) is 22.4 Å². The summed E-state index contributed by atoms with van der Waals surface area (Å²) < 4.78 is 0. The van der Waals surface area contributed by atoms with E-state index in [2.05, 4.69) is 12.1 Å². The van der Waals surface area contributed by atoms with Gasteiger partial charge in [-0.25, -0.2) is 0 Å². The van der Waals surface area contributed by atoms with E-state index in [1.54, 1.807) is 4.90 Å². The molecule has 2 aromatic carbocycles. The summed E-state index contributed by atoms with van der Waals surface area (Å²) in [6, 6.07) is 10.3. The van der Waals surface area contributed by atoms with Gasteiger partial charge in [0.25, 0.3) is 5.91 Å². The van der Waals surface area contributed by atoms with Gasteiger partial charge in [0.15, 0.2) is 5.78 Å². The van der Waals surface area contributed by atoms with Gasteiger partial charge in [0.2, 0.25) is 5.78 Å². The number of hydrogen-bond acceptors (Lipinski definition) is 3. The lowest BCUT2D eigenvalue weighted by atomic mass is 9.87. The molecule has 1 aliphatic heterocycles. The molecule has 27 heavy (non-hydrogen) atoms. The fourth-order valence-electron chi connectivity index (χ4n) is 4.57. The van der Waals surface area contributed by atoms with Crippen LogP contribution in [0.4, 0.5) is 0 Å². The van der Waals surface area contributed by atoms with E-state index in [9.17, 15) is 14.4 Å². The van der Waals surface area contributed by atoms with E-state index in [0.29, 0.717) is 19.5 Å². The van der Waals surface area contributed by atoms with Crippen molar-refractivity contribution in [3.05, 3.63) is 47.0 Å². The van der Waals surface area contributed by atoms with Crippen LogP contribution in [0.1, 0.15) is 54.1 Å². The van der Waals surface area contributed by atoms with Crippen molar-refractivity contribution in [1.29, 1.82) is 0 Å². The molecule has 0 bridgehead atoms. The van der Waals surface area contributed by atoms with Crippen LogP contribution in [-0.4, -0.2) is 35.5 Å². The molecule has 1 fully saturated rings. The second-order valence-electron chi connectivity index (χ2n) is 7.74. The Bertz CT molecular complexity index is 920. The highest BCUT2D eigenvalue weighted by Crippen LogP contribution is 2.34. The Balaban J connectivity index is 1.59. The topological polar surface area (TPSA) is 54.5 Å². The van der Waals surface area contributed by atoms with Gasteiger partial charge in [-0.3, -0.25) is 14.4 Å². The normalized spacial score (nSPS) is 18.7. The van der Waals surface area contributed by atoms with Crippen LogP contribution in [0, 0.1) is 5.92 Å². The molecule has 0 N–H and O–H groups in total. The first kappa shape index (κ1) is 17.9. The van der Waals surface area contributed by atoms with E-state index in [-0.39, 0.29) is 23.9 Å². The molecule has 4 rings (SSSR count). The van der Waals surface area contributed by atoms with Crippen LogP contribution in [0.15, 0.2) is 30.3 Å². The predicted octanol–water partition coefficient (Wildman–Crippen LogP) is 3.73. The van der Waals surface area contributed by atoms with E-state index in [4.69, 9.17) is 0 Å². The van der Waals surface area contributed by atoms with Gasteiger partial charge in [0.1, 0.15) is 0 Å². The SMILES string of the molecule is CCCC(=O)C(=O)N1CCC[C@@H](C(=O)c2ccc3c4c(cccc24)CC3)C1.